The Labute approximate surface area is 294 Å². The molecule has 10 nitrogen and oxygen atoms in total. The summed E-state index contributed by atoms with van der Waals surface area (Å²) in [6.45, 7) is 8.82. The summed E-state index contributed by atoms with van der Waals surface area (Å²) in [7, 11) is -4.06. The first-order valence-electron chi connectivity index (χ1n) is 17.3. The fourth-order valence-corrected chi connectivity index (χ4v) is 7.51. The fourth-order valence-electron chi connectivity index (χ4n) is 6.00. The van der Waals surface area contributed by atoms with Crippen LogP contribution in [0.3, 0.4) is 0 Å². The van der Waals surface area contributed by atoms with Crippen LogP contribution in [-0.2, 0) is 34.1 Å². The lowest BCUT2D eigenvalue weighted by molar-refractivity contribution is 0.0237. The maximum Gasteiger partial charge on any atom is 0.338 e. The van der Waals surface area contributed by atoms with Crippen molar-refractivity contribution >= 4 is 21.9 Å². The Morgan fingerprint density at radius 1 is 0.920 bits per heavy atom. The molecule has 3 aromatic rings. The van der Waals surface area contributed by atoms with E-state index in [4.69, 9.17) is 10.5 Å². The number of aryl methyl sites for hydroxylation is 1. The third kappa shape index (κ3) is 10.6. The van der Waals surface area contributed by atoms with Gasteiger partial charge in [0.1, 0.15) is 17.7 Å². The van der Waals surface area contributed by atoms with E-state index in [0.29, 0.717) is 45.6 Å². The van der Waals surface area contributed by atoms with Crippen molar-refractivity contribution in [2.75, 3.05) is 45.8 Å². The number of halogens is 2. The lowest BCUT2D eigenvalue weighted by atomic mass is 10.0. The van der Waals surface area contributed by atoms with Crippen LogP contribution in [-0.4, -0.2) is 87.5 Å². The second-order valence-corrected chi connectivity index (χ2v) is 14.5. The Kier molecular flexibility index (Phi) is 14.4. The third-order valence-corrected chi connectivity index (χ3v) is 10.5. The fraction of sp³-hybridized carbons (Fsp3) is 0.459. The van der Waals surface area contributed by atoms with E-state index in [1.165, 1.54) is 34.6 Å². The first-order valence-corrected chi connectivity index (χ1v) is 18.7. The van der Waals surface area contributed by atoms with E-state index in [2.05, 4.69) is 23.6 Å². The first-order chi connectivity index (χ1) is 23.9. The number of esters is 1. The zero-order chi connectivity index (χ0) is 36.3. The van der Waals surface area contributed by atoms with Crippen LogP contribution >= 0.6 is 0 Å². The summed E-state index contributed by atoms with van der Waals surface area (Å²) in [5.41, 5.74) is 8.94. The number of rotatable bonds is 17. The number of hydrogen-bond acceptors (Lipinski definition) is 8. The van der Waals surface area contributed by atoms with E-state index >= 15 is 0 Å². The predicted octanol–water partition coefficient (Wildman–Crippen LogP) is 4.27. The number of carbonyl (C=O) groups excluding carboxylic acids is 2. The van der Waals surface area contributed by atoms with Gasteiger partial charge in [-0.2, -0.15) is 4.31 Å². The van der Waals surface area contributed by atoms with Crippen LogP contribution < -0.4 is 16.4 Å². The molecule has 1 saturated heterocycles. The molecule has 0 aliphatic carbocycles. The normalized spacial score (nSPS) is 15.0. The van der Waals surface area contributed by atoms with Gasteiger partial charge in [0.2, 0.25) is 10.0 Å². The number of nitrogens with two attached hydrogens (primary N) is 1. The summed E-state index contributed by atoms with van der Waals surface area (Å²) in [5, 5.41) is 6.40. The number of ether oxygens (including phenoxy) is 1. The second-order valence-electron chi connectivity index (χ2n) is 12.6. The molecule has 4 rings (SSSR count). The van der Waals surface area contributed by atoms with E-state index in [-0.39, 0.29) is 47.6 Å². The van der Waals surface area contributed by atoms with Crippen LogP contribution in [0.5, 0.6) is 0 Å². The molecule has 13 heteroatoms. The maximum absolute atomic E-state index is 14.0. The monoisotopic (exact) mass is 713 g/mol. The molecule has 0 saturated carbocycles. The second kappa shape index (κ2) is 18.5. The summed E-state index contributed by atoms with van der Waals surface area (Å²) in [6, 6.07) is 14.1. The molecule has 3 aromatic carbocycles. The van der Waals surface area contributed by atoms with Crippen molar-refractivity contribution in [1.82, 2.24) is 19.8 Å². The van der Waals surface area contributed by atoms with Crippen molar-refractivity contribution in [3.05, 3.63) is 100 Å². The minimum Gasteiger partial charge on any atom is -0.456 e. The van der Waals surface area contributed by atoms with Crippen LogP contribution in [0.1, 0.15) is 71.0 Å². The van der Waals surface area contributed by atoms with Gasteiger partial charge >= 0.3 is 5.97 Å². The molecule has 1 fully saturated rings. The van der Waals surface area contributed by atoms with Gasteiger partial charge in [-0.05, 0) is 72.7 Å². The quantitative estimate of drug-likeness (QED) is 0.177. The standard InChI is InChI=1S/C37H49F2N5O5S/c1-4-12-43(13-5-2)36(45)29-20-30(22-33(21-29)50(47,48)44-14-10-41-11-15-44)37(46)49-35(25-42-24-27-9-7-8-26(6-3)16-27)34(40)19-28-17-31(38)23-32(39)18-28/h7-9,16-18,20-23,34-35,41-42H,4-6,10-15,19,24-25,40H2,1-3H3/t34-,35+/m0/s1. The SMILES string of the molecule is CCCN(CCC)C(=O)c1cc(C(=O)O[C@H](CNCc2cccc(CC)c2)[C@@H](N)Cc2cc(F)cc(F)c2)cc(S(=O)(=O)N2CCNCC2)c1. The summed E-state index contributed by atoms with van der Waals surface area (Å²) < 4.78 is 62.9. The Morgan fingerprint density at radius 2 is 1.56 bits per heavy atom. The molecule has 0 bridgehead atoms. The smallest absolute Gasteiger partial charge is 0.338 e. The zero-order valence-electron chi connectivity index (χ0n) is 29.1. The highest BCUT2D eigenvalue weighted by Crippen LogP contribution is 2.23. The van der Waals surface area contributed by atoms with Gasteiger partial charge in [-0.15, -0.1) is 0 Å². The Balaban J connectivity index is 1.67. The van der Waals surface area contributed by atoms with E-state index < -0.39 is 45.7 Å². The van der Waals surface area contributed by atoms with Crippen molar-refractivity contribution in [3.63, 3.8) is 0 Å². The van der Waals surface area contributed by atoms with Gasteiger partial charge in [-0.25, -0.2) is 22.0 Å². The molecule has 1 aliphatic rings. The van der Waals surface area contributed by atoms with E-state index in [1.807, 2.05) is 32.0 Å². The minimum absolute atomic E-state index is 0.0101. The summed E-state index contributed by atoms with van der Waals surface area (Å²) in [4.78, 5) is 29.1. The van der Waals surface area contributed by atoms with Crippen molar-refractivity contribution in [1.29, 1.82) is 0 Å². The number of benzene rings is 3. The molecule has 0 spiro atoms. The molecule has 1 amide bonds. The minimum atomic E-state index is -4.06. The van der Waals surface area contributed by atoms with Gasteiger partial charge in [-0.3, -0.25) is 4.79 Å². The van der Waals surface area contributed by atoms with Crippen molar-refractivity contribution in [2.24, 2.45) is 5.73 Å². The molecule has 1 aliphatic heterocycles. The summed E-state index contributed by atoms with van der Waals surface area (Å²) >= 11 is 0. The van der Waals surface area contributed by atoms with Crippen LogP contribution in [0.15, 0.2) is 65.6 Å². The average molecular weight is 714 g/mol. The average Bonchev–Trinajstić information content (AvgIpc) is 3.10. The number of amides is 1. The van der Waals surface area contributed by atoms with Gasteiger partial charge in [0, 0.05) is 70.0 Å². The van der Waals surface area contributed by atoms with Gasteiger partial charge in [-0.1, -0.05) is 45.0 Å². The molecule has 272 valence electrons. The Hall–Kier alpha value is -3.75. The van der Waals surface area contributed by atoms with E-state index in [0.717, 1.165) is 23.6 Å². The highest BCUT2D eigenvalue weighted by molar-refractivity contribution is 7.89. The number of nitrogens with one attached hydrogen (secondary N) is 2. The van der Waals surface area contributed by atoms with E-state index in [1.54, 1.807) is 4.90 Å². The molecular formula is C37H49F2N5O5S. The van der Waals surface area contributed by atoms with Crippen molar-refractivity contribution < 1.29 is 31.5 Å². The van der Waals surface area contributed by atoms with Crippen LogP contribution in [0, 0.1) is 11.6 Å². The topological polar surface area (TPSA) is 134 Å². The number of nitrogens with zero attached hydrogens (tertiary/aromatic N) is 2. The number of hydrogen-bond donors (Lipinski definition) is 3. The van der Waals surface area contributed by atoms with Crippen molar-refractivity contribution in [3.8, 4) is 0 Å². The van der Waals surface area contributed by atoms with Gasteiger partial charge in [0.25, 0.3) is 5.91 Å². The van der Waals surface area contributed by atoms with Gasteiger partial charge < -0.3 is 26.0 Å². The van der Waals surface area contributed by atoms with Crippen LogP contribution in [0.4, 0.5) is 8.78 Å². The molecule has 50 heavy (non-hydrogen) atoms. The van der Waals surface area contributed by atoms with Gasteiger partial charge in [0.05, 0.1) is 10.5 Å². The van der Waals surface area contributed by atoms with Gasteiger partial charge in [0.15, 0.2) is 0 Å². The van der Waals surface area contributed by atoms with Crippen LogP contribution in [0.25, 0.3) is 0 Å². The molecule has 0 radical (unpaired) electrons. The highest BCUT2D eigenvalue weighted by Gasteiger charge is 2.30. The molecule has 4 N–H and O–H groups in total. The first kappa shape index (κ1) is 39.0. The number of carbonyl (C=O) groups is 2. The largest absolute Gasteiger partial charge is 0.456 e. The Morgan fingerprint density at radius 3 is 2.20 bits per heavy atom. The molecule has 1 heterocycles. The predicted molar refractivity (Wildman–Crippen MR) is 189 cm³/mol. The van der Waals surface area contributed by atoms with Crippen molar-refractivity contribution in [2.45, 2.75) is 70.0 Å². The zero-order valence-corrected chi connectivity index (χ0v) is 29.9. The molecule has 0 unspecified atom stereocenters. The lowest BCUT2D eigenvalue weighted by Gasteiger charge is -2.28. The number of sulfonamides is 1. The molecular weight excluding hydrogens is 665 g/mol. The molecule has 2 atom stereocenters. The summed E-state index contributed by atoms with van der Waals surface area (Å²) in [5.74, 6) is -2.78. The lowest BCUT2D eigenvalue weighted by Crippen LogP contribution is -2.46. The maximum atomic E-state index is 14.0. The Bertz CT molecular complexity index is 1690. The summed E-state index contributed by atoms with van der Waals surface area (Å²) in [6.07, 6.45) is 1.26. The van der Waals surface area contributed by atoms with Crippen LogP contribution in [0.2, 0.25) is 0 Å². The third-order valence-electron chi connectivity index (χ3n) is 8.58. The highest BCUT2D eigenvalue weighted by atomic mass is 32.2. The molecule has 0 aromatic heterocycles. The number of piperazine rings is 1. The van der Waals surface area contributed by atoms with E-state index in [9.17, 15) is 26.8 Å².